The molecule has 4 nitrogen and oxygen atoms in total. The molecule has 93 heavy (non-hydrogen) atoms. The van der Waals surface area contributed by atoms with Gasteiger partial charge in [0.2, 0.25) is 0 Å². The maximum Gasteiger partial charge on any atom is 0.252 e. The number of benzene rings is 12. The van der Waals surface area contributed by atoms with Gasteiger partial charge in [-0.15, -0.1) is 0 Å². The Hall–Kier alpha value is -10.1. The summed E-state index contributed by atoms with van der Waals surface area (Å²) in [5.74, 6) is 0. The number of anilines is 6. The second-order valence-corrected chi connectivity index (χ2v) is 29.8. The smallest absolute Gasteiger partial charge is 0.252 e. The van der Waals surface area contributed by atoms with Gasteiger partial charge in [-0.1, -0.05) is 253 Å². The fraction of sp³-hybridized carbons (Fsp3) is 0.182. The SMILES string of the molecule is [2H]c1c([2H])c([2H])c(-c2ccc3c(c2)N(c2c(-c4ccccc4)cc(C(C)(C)C)cc2-c2ccccc2)c2cc(C(C)(C)C)cc4c2B3c2ccc(-n3c5ccc(C(C)(C)C)cc5c5cc(C(C)(C)C)ccc53)cc2N4c2c(-c3ccccc3)ccc3oc4ccccc4c23)c([2H])c1[2H]. The summed E-state index contributed by atoms with van der Waals surface area (Å²) >= 11 is 0. The quantitative estimate of drug-likeness (QED) is 0.149. The van der Waals surface area contributed by atoms with Crippen molar-refractivity contribution >= 4 is 101 Å². The van der Waals surface area contributed by atoms with E-state index < -0.39 is 18.2 Å². The number of nitrogens with zero attached hydrogens (tertiary/aromatic N) is 3. The van der Waals surface area contributed by atoms with Gasteiger partial charge in [-0.2, -0.15) is 0 Å². The highest BCUT2D eigenvalue weighted by Crippen LogP contribution is 2.55. The molecule has 12 aromatic carbocycles. The fourth-order valence-corrected chi connectivity index (χ4v) is 14.7. The third kappa shape index (κ3) is 9.56. The Labute approximate surface area is 555 Å². The summed E-state index contributed by atoms with van der Waals surface area (Å²) in [6.07, 6.45) is 0. The van der Waals surface area contributed by atoms with Crippen LogP contribution in [0.3, 0.4) is 0 Å². The Balaban J connectivity index is 1.10. The van der Waals surface area contributed by atoms with E-state index in [1.54, 1.807) is 0 Å². The molecule has 0 N–H and O–H groups in total. The normalized spacial score (nSPS) is 14.1. The van der Waals surface area contributed by atoms with E-state index in [4.69, 9.17) is 8.53 Å². The molecule has 0 saturated heterocycles. The Morgan fingerprint density at radius 1 is 0.344 bits per heavy atom. The van der Waals surface area contributed by atoms with E-state index in [1.807, 2.05) is 6.07 Å². The molecule has 2 aliphatic rings. The van der Waals surface area contributed by atoms with Gasteiger partial charge in [0.25, 0.3) is 6.71 Å². The molecular weight excluding hydrogens is 1130 g/mol. The molecule has 0 bridgehead atoms. The topological polar surface area (TPSA) is 24.6 Å². The van der Waals surface area contributed by atoms with Crippen LogP contribution in [0, 0.1) is 0 Å². The van der Waals surface area contributed by atoms with Crippen LogP contribution in [0.15, 0.2) is 259 Å². The molecule has 0 spiro atoms. The number of hydrogen-bond donors (Lipinski definition) is 0. The third-order valence-corrected chi connectivity index (χ3v) is 19.7. The summed E-state index contributed by atoms with van der Waals surface area (Å²) in [5.41, 5.74) is 24.6. The molecule has 4 heterocycles. The Morgan fingerprint density at radius 2 is 0.828 bits per heavy atom. The molecule has 5 heteroatoms. The average molecular weight is 1210 g/mol. The first-order chi connectivity index (χ1) is 46.7. The van der Waals surface area contributed by atoms with Gasteiger partial charge in [0.1, 0.15) is 11.2 Å². The lowest BCUT2D eigenvalue weighted by Gasteiger charge is -2.46. The third-order valence-electron chi connectivity index (χ3n) is 19.7. The Morgan fingerprint density at radius 3 is 1.38 bits per heavy atom. The zero-order chi connectivity index (χ0) is 68.4. The second kappa shape index (κ2) is 21.2. The zero-order valence-corrected chi connectivity index (χ0v) is 55.2. The van der Waals surface area contributed by atoms with Gasteiger partial charge in [-0.3, -0.25) is 0 Å². The largest absolute Gasteiger partial charge is 0.456 e. The first kappa shape index (κ1) is 52.5. The van der Waals surface area contributed by atoms with Crippen LogP contribution in [0.5, 0.6) is 0 Å². The van der Waals surface area contributed by atoms with Crippen LogP contribution in [-0.2, 0) is 21.7 Å². The molecule has 2 aliphatic heterocycles. The molecular formula is C88H78BN3O. The summed E-state index contributed by atoms with van der Waals surface area (Å²) in [4.78, 5) is 5.07. The minimum Gasteiger partial charge on any atom is -0.456 e. The lowest BCUT2D eigenvalue weighted by atomic mass is 9.33. The summed E-state index contributed by atoms with van der Waals surface area (Å²) in [6.45, 7) is 27.1. The van der Waals surface area contributed by atoms with Crippen molar-refractivity contribution in [2.75, 3.05) is 9.80 Å². The van der Waals surface area contributed by atoms with E-state index >= 15 is 0 Å². The number of aromatic nitrogens is 1. The van der Waals surface area contributed by atoms with Gasteiger partial charge < -0.3 is 18.8 Å². The van der Waals surface area contributed by atoms with E-state index in [0.717, 1.165) is 128 Å². The van der Waals surface area contributed by atoms with Crippen LogP contribution < -0.4 is 26.2 Å². The molecule has 0 saturated carbocycles. The minimum atomic E-state index is -0.430. The van der Waals surface area contributed by atoms with Gasteiger partial charge in [-0.25, -0.2) is 0 Å². The Kier molecular flexibility index (Phi) is 12.0. The minimum absolute atomic E-state index is 0.0904. The van der Waals surface area contributed by atoms with Gasteiger partial charge in [-0.05, 0) is 173 Å². The van der Waals surface area contributed by atoms with Gasteiger partial charge >= 0.3 is 0 Å². The van der Waals surface area contributed by atoms with Crippen molar-refractivity contribution in [3.8, 4) is 50.2 Å². The van der Waals surface area contributed by atoms with E-state index in [0.29, 0.717) is 5.56 Å². The van der Waals surface area contributed by atoms with Crippen molar-refractivity contribution in [3.05, 3.63) is 277 Å². The summed E-state index contributed by atoms with van der Waals surface area (Å²) < 4.78 is 55.5. The predicted molar refractivity (Wildman–Crippen MR) is 399 cm³/mol. The van der Waals surface area contributed by atoms with Crippen LogP contribution in [0.2, 0.25) is 0 Å². The summed E-state index contributed by atoms with van der Waals surface area (Å²) in [5, 5.41) is 4.42. The summed E-state index contributed by atoms with van der Waals surface area (Å²) in [6, 6.07) is 80.5. The van der Waals surface area contributed by atoms with Gasteiger partial charge in [0.15, 0.2) is 0 Å². The highest BCUT2D eigenvalue weighted by atomic mass is 16.3. The lowest BCUT2D eigenvalue weighted by molar-refractivity contribution is 0.590. The first-order valence-electron chi connectivity index (χ1n) is 35.3. The average Bonchev–Trinajstić information content (AvgIpc) is 0.775. The molecule has 454 valence electrons. The standard InChI is InChI=1S/C88H78BN3O/c1-85(2,3)60-38-44-73-69(48-60)70-49-61(86(4,5)6)39-45-74(70)90(73)64-40-43-72-76(54-64)92(84-65(56-29-19-14-20-30-56)41-46-80-81(84)66-35-25-26-36-79(66)93-80)78-53-63(88(10,11)12)52-77-82(78)89(72)71-42-37-59(55-27-17-13-18-28-55)47-75(71)91(77)83-67(57-31-21-15-22-32-57)50-62(87(7,8)9)51-68(83)58-33-23-16-24-34-58/h13-54H,1-12H3/i13D,17D,18D,27D,28D. The van der Waals surface area contributed by atoms with Crippen molar-refractivity contribution in [2.45, 2.75) is 105 Å². The van der Waals surface area contributed by atoms with Crippen molar-refractivity contribution in [3.63, 3.8) is 0 Å². The van der Waals surface area contributed by atoms with Crippen LogP contribution in [-0.4, -0.2) is 11.3 Å². The van der Waals surface area contributed by atoms with Crippen molar-refractivity contribution in [1.29, 1.82) is 0 Å². The monoisotopic (exact) mass is 1210 g/mol. The molecule has 0 unspecified atom stereocenters. The van der Waals surface area contributed by atoms with Crippen molar-refractivity contribution in [2.24, 2.45) is 0 Å². The number of fused-ring (bicyclic) bond motifs is 10. The fourth-order valence-electron chi connectivity index (χ4n) is 14.7. The molecule has 0 radical (unpaired) electrons. The number of furan rings is 1. The number of hydrogen-bond acceptors (Lipinski definition) is 3. The van der Waals surface area contributed by atoms with Crippen LogP contribution in [0.4, 0.5) is 34.1 Å². The maximum absolute atomic E-state index is 9.56. The number of rotatable bonds is 7. The van der Waals surface area contributed by atoms with Crippen LogP contribution in [0.25, 0.3) is 93.9 Å². The van der Waals surface area contributed by atoms with Crippen LogP contribution >= 0.6 is 0 Å². The highest BCUT2D eigenvalue weighted by molar-refractivity contribution is 7.00. The molecule has 0 amide bonds. The summed E-state index contributed by atoms with van der Waals surface area (Å²) in [7, 11) is 0. The highest BCUT2D eigenvalue weighted by Gasteiger charge is 2.46. The van der Waals surface area contributed by atoms with E-state index in [2.05, 4.69) is 316 Å². The second-order valence-electron chi connectivity index (χ2n) is 29.8. The van der Waals surface area contributed by atoms with Crippen LogP contribution in [0.1, 0.15) is 112 Å². The van der Waals surface area contributed by atoms with Crippen molar-refractivity contribution in [1.82, 2.24) is 4.57 Å². The molecule has 14 aromatic rings. The molecule has 0 fully saturated rings. The molecule has 16 rings (SSSR count). The predicted octanol–water partition coefficient (Wildman–Crippen LogP) is 22.6. The number of para-hydroxylation sites is 1. The van der Waals surface area contributed by atoms with E-state index in [1.165, 1.54) is 27.5 Å². The molecule has 0 atom stereocenters. The van der Waals surface area contributed by atoms with E-state index in [9.17, 15) is 2.74 Å². The Bertz CT molecular complexity index is 5470. The molecule has 2 aromatic heterocycles. The zero-order valence-electron chi connectivity index (χ0n) is 60.2. The van der Waals surface area contributed by atoms with Gasteiger partial charge in [0, 0.05) is 61.3 Å². The van der Waals surface area contributed by atoms with Gasteiger partial charge in [0.05, 0.1) is 34.6 Å². The molecule has 0 aliphatic carbocycles. The lowest BCUT2D eigenvalue weighted by Crippen LogP contribution is -2.61. The maximum atomic E-state index is 9.56. The van der Waals surface area contributed by atoms with E-state index in [-0.39, 0.29) is 46.0 Å². The first-order valence-corrected chi connectivity index (χ1v) is 32.8. The van der Waals surface area contributed by atoms with Crippen molar-refractivity contribution < 1.29 is 11.3 Å².